The van der Waals surface area contributed by atoms with Gasteiger partial charge in [0, 0.05) is 23.3 Å². The molecule has 17 heavy (non-hydrogen) atoms. The molecule has 0 fully saturated rings. The summed E-state index contributed by atoms with van der Waals surface area (Å²) in [6, 6.07) is 6.42. The maximum atomic E-state index is 9.98. The summed E-state index contributed by atoms with van der Waals surface area (Å²) in [5, 5.41) is 10.8. The summed E-state index contributed by atoms with van der Waals surface area (Å²) >= 11 is 6.24. The molecule has 0 saturated carbocycles. The van der Waals surface area contributed by atoms with Crippen LogP contribution in [0.1, 0.15) is 32.8 Å². The van der Waals surface area contributed by atoms with Gasteiger partial charge in [0.15, 0.2) is 0 Å². The van der Waals surface area contributed by atoms with Crippen LogP contribution in [0.15, 0.2) is 18.2 Å². The van der Waals surface area contributed by atoms with Crippen molar-refractivity contribution in [3.8, 4) is 0 Å². The van der Waals surface area contributed by atoms with Crippen molar-refractivity contribution >= 4 is 17.3 Å². The highest BCUT2D eigenvalue weighted by Crippen LogP contribution is 2.38. The molecule has 1 aromatic carbocycles. The van der Waals surface area contributed by atoms with Crippen molar-refractivity contribution in [2.24, 2.45) is 0 Å². The zero-order valence-electron chi connectivity index (χ0n) is 10.7. The SMILES string of the molecule is CCN1c2cccc(Cl)c2CC1CC(C)(C)O. The number of halogens is 1. The van der Waals surface area contributed by atoms with E-state index in [1.165, 1.54) is 11.3 Å². The molecule has 0 amide bonds. The zero-order valence-corrected chi connectivity index (χ0v) is 11.5. The molecule has 3 heteroatoms. The number of likely N-dealkylation sites (N-methyl/N-ethyl adjacent to an activating group) is 1. The Morgan fingerprint density at radius 3 is 2.76 bits per heavy atom. The third-order valence-electron chi connectivity index (χ3n) is 3.36. The van der Waals surface area contributed by atoms with E-state index < -0.39 is 5.60 Å². The van der Waals surface area contributed by atoms with Gasteiger partial charge in [-0.25, -0.2) is 0 Å². The minimum atomic E-state index is -0.632. The summed E-state index contributed by atoms with van der Waals surface area (Å²) in [4.78, 5) is 2.35. The molecule has 1 unspecified atom stereocenters. The van der Waals surface area contributed by atoms with Crippen molar-refractivity contribution in [3.05, 3.63) is 28.8 Å². The van der Waals surface area contributed by atoms with E-state index >= 15 is 0 Å². The highest BCUT2D eigenvalue weighted by Gasteiger charge is 2.32. The van der Waals surface area contributed by atoms with Crippen molar-refractivity contribution in [3.63, 3.8) is 0 Å². The van der Waals surface area contributed by atoms with Gasteiger partial charge in [-0.15, -0.1) is 0 Å². The normalized spacial score (nSPS) is 19.6. The van der Waals surface area contributed by atoms with Crippen LogP contribution in [0.5, 0.6) is 0 Å². The molecular formula is C14H20ClNO. The summed E-state index contributed by atoms with van der Waals surface area (Å²) < 4.78 is 0. The van der Waals surface area contributed by atoms with E-state index in [1.54, 1.807) is 0 Å². The first-order chi connectivity index (χ1) is 7.92. The van der Waals surface area contributed by atoms with Crippen LogP contribution >= 0.6 is 11.6 Å². The maximum absolute atomic E-state index is 9.98. The molecule has 1 aromatic rings. The summed E-state index contributed by atoms with van der Waals surface area (Å²) in [5.74, 6) is 0. The van der Waals surface area contributed by atoms with Crippen molar-refractivity contribution in [1.82, 2.24) is 0 Å². The lowest BCUT2D eigenvalue weighted by Crippen LogP contribution is -2.38. The molecule has 1 heterocycles. The van der Waals surface area contributed by atoms with Crippen molar-refractivity contribution in [2.75, 3.05) is 11.4 Å². The van der Waals surface area contributed by atoms with Crippen molar-refractivity contribution < 1.29 is 5.11 Å². The van der Waals surface area contributed by atoms with Gasteiger partial charge in [0.2, 0.25) is 0 Å². The minimum absolute atomic E-state index is 0.356. The Balaban J connectivity index is 2.28. The van der Waals surface area contributed by atoms with Crippen LogP contribution in [-0.4, -0.2) is 23.3 Å². The largest absolute Gasteiger partial charge is 0.390 e. The van der Waals surface area contributed by atoms with E-state index in [0.29, 0.717) is 6.04 Å². The van der Waals surface area contributed by atoms with Gasteiger partial charge < -0.3 is 10.0 Å². The quantitative estimate of drug-likeness (QED) is 0.894. The van der Waals surface area contributed by atoms with Crippen LogP contribution in [0.2, 0.25) is 5.02 Å². The van der Waals surface area contributed by atoms with Crippen LogP contribution in [0.3, 0.4) is 0 Å². The number of hydrogen-bond acceptors (Lipinski definition) is 2. The van der Waals surface area contributed by atoms with Crippen LogP contribution in [0.4, 0.5) is 5.69 Å². The fraction of sp³-hybridized carbons (Fsp3) is 0.571. The monoisotopic (exact) mass is 253 g/mol. The number of anilines is 1. The molecule has 1 aliphatic rings. The van der Waals surface area contributed by atoms with Crippen LogP contribution < -0.4 is 4.90 Å². The topological polar surface area (TPSA) is 23.5 Å². The van der Waals surface area contributed by atoms with E-state index in [2.05, 4.69) is 17.9 Å². The summed E-state index contributed by atoms with van der Waals surface area (Å²) in [6.07, 6.45) is 1.71. The molecular weight excluding hydrogens is 234 g/mol. The highest BCUT2D eigenvalue weighted by atomic mass is 35.5. The second kappa shape index (κ2) is 4.51. The lowest BCUT2D eigenvalue weighted by molar-refractivity contribution is 0.0636. The first kappa shape index (κ1) is 12.7. The maximum Gasteiger partial charge on any atom is 0.0611 e. The average Bonchev–Trinajstić information content (AvgIpc) is 2.54. The Labute approximate surface area is 108 Å². The number of aliphatic hydroxyl groups is 1. The summed E-state index contributed by atoms with van der Waals surface area (Å²) in [6.45, 7) is 6.83. The lowest BCUT2D eigenvalue weighted by Gasteiger charge is -2.30. The van der Waals surface area contributed by atoms with Crippen molar-refractivity contribution in [1.29, 1.82) is 0 Å². The van der Waals surface area contributed by atoms with Gasteiger partial charge in [-0.3, -0.25) is 0 Å². The predicted octanol–water partition coefficient (Wildman–Crippen LogP) is 3.25. The number of rotatable bonds is 3. The van der Waals surface area contributed by atoms with Gasteiger partial charge >= 0.3 is 0 Å². The molecule has 0 radical (unpaired) electrons. The van der Waals surface area contributed by atoms with Gasteiger partial charge in [-0.2, -0.15) is 0 Å². The van der Waals surface area contributed by atoms with Gasteiger partial charge in [-0.1, -0.05) is 17.7 Å². The second-order valence-electron chi connectivity index (χ2n) is 5.40. The third-order valence-corrected chi connectivity index (χ3v) is 3.71. The van der Waals surface area contributed by atoms with Gasteiger partial charge in [0.25, 0.3) is 0 Å². The van der Waals surface area contributed by atoms with Crippen LogP contribution in [-0.2, 0) is 6.42 Å². The molecule has 94 valence electrons. The average molecular weight is 254 g/mol. The highest BCUT2D eigenvalue weighted by molar-refractivity contribution is 6.31. The fourth-order valence-electron chi connectivity index (χ4n) is 2.75. The zero-order chi connectivity index (χ0) is 12.6. The Morgan fingerprint density at radius 1 is 1.47 bits per heavy atom. The van der Waals surface area contributed by atoms with Crippen molar-refractivity contribution in [2.45, 2.75) is 45.3 Å². The molecule has 0 bridgehead atoms. The lowest BCUT2D eigenvalue weighted by atomic mass is 9.96. The van der Waals surface area contributed by atoms with Gasteiger partial charge in [0.05, 0.1) is 5.60 Å². The van der Waals surface area contributed by atoms with Gasteiger partial charge in [0.1, 0.15) is 0 Å². The molecule has 2 nitrogen and oxygen atoms in total. The number of benzene rings is 1. The Kier molecular flexibility index (Phi) is 3.37. The Bertz CT molecular complexity index is 411. The molecule has 1 N–H and O–H groups in total. The first-order valence-corrected chi connectivity index (χ1v) is 6.56. The summed E-state index contributed by atoms with van der Waals surface area (Å²) in [7, 11) is 0. The standard InChI is InChI=1S/C14H20ClNO/c1-4-16-10(9-14(2,3)17)8-11-12(15)6-5-7-13(11)16/h5-7,10,17H,4,8-9H2,1-3H3. The third kappa shape index (κ3) is 2.58. The number of fused-ring (bicyclic) bond motifs is 1. The van der Waals surface area contributed by atoms with Crippen LogP contribution in [0.25, 0.3) is 0 Å². The second-order valence-corrected chi connectivity index (χ2v) is 5.81. The first-order valence-electron chi connectivity index (χ1n) is 6.19. The van der Waals surface area contributed by atoms with E-state index in [9.17, 15) is 5.11 Å². The Morgan fingerprint density at radius 2 is 2.18 bits per heavy atom. The van der Waals surface area contributed by atoms with Crippen LogP contribution in [0, 0.1) is 0 Å². The van der Waals surface area contributed by atoms with E-state index in [0.717, 1.165) is 24.4 Å². The fourth-order valence-corrected chi connectivity index (χ4v) is 3.00. The molecule has 0 aromatic heterocycles. The summed E-state index contributed by atoms with van der Waals surface area (Å²) in [5.41, 5.74) is 1.83. The number of hydrogen-bond donors (Lipinski definition) is 1. The van der Waals surface area contributed by atoms with E-state index in [-0.39, 0.29) is 0 Å². The molecule has 0 saturated heterocycles. The van der Waals surface area contributed by atoms with Gasteiger partial charge in [-0.05, 0) is 51.3 Å². The Hall–Kier alpha value is -0.730. The van der Waals surface area contributed by atoms with E-state index in [1.807, 2.05) is 26.0 Å². The number of nitrogens with zero attached hydrogens (tertiary/aromatic N) is 1. The molecule has 2 rings (SSSR count). The molecule has 0 spiro atoms. The molecule has 1 aliphatic heterocycles. The smallest absolute Gasteiger partial charge is 0.0611 e. The molecule has 1 atom stereocenters. The predicted molar refractivity (Wildman–Crippen MR) is 72.9 cm³/mol. The molecule has 0 aliphatic carbocycles. The minimum Gasteiger partial charge on any atom is -0.390 e. The van der Waals surface area contributed by atoms with E-state index in [4.69, 9.17) is 11.6 Å².